The molecular weight excluding hydrogens is 367 g/mol. The number of aryl methyl sites for hydroxylation is 2. The Labute approximate surface area is 169 Å². The van der Waals surface area contributed by atoms with Crippen LogP contribution in [0.1, 0.15) is 23.1 Å². The van der Waals surface area contributed by atoms with E-state index in [2.05, 4.69) is 10.6 Å². The van der Waals surface area contributed by atoms with Crippen molar-refractivity contribution in [1.82, 2.24) is 0 Å². The van der Waals surface area contributed by atoms with Gasteiger partial charge in [0.25, 0.3) is 0 Å². The smallest absolute Gasteiger partial charge is 0.323 e. The number of amides is 2. The zero-order chi connectivity index (χ0) is 20.4. The largest absolute Gasteiger partial charge is 0.393 e. The van der Waals surface area contributed by atoms with Gasteiger partial charge in [0.2, 0.25) is 0 Å². The molecule has 1 atom stereocenters. The summed E-state index contributed by atoms with van der Waals surface area (Å²) in [6.45, 7) is 1.72. The van der Waals surface area contributed by atoms with Crippen molar-refractivity contribution >= 4 is 17.4 Å². The molecule has 29 heavy (non-hydrogen) atoms. The van der Waals surface area contributed by atoms with Crippen molar-refractivity contribution in [1.29, 1.82) is 0 Å². The highest BCUT2D eigenvalue weighted by molar-refractivity contribution is 6.00. The quantitative estimate of drug-likeness (QED) is 0.569. The Hall–Kier alpha value is -3.18. The minimum absolute atomic E-state index is 0.255. The van der Waals surface area contributed by atoms with Gasteiger partial charge >= 0.3 is 6.03 Å². The lowest BCUT2D eigenvalue weighted by atomic mass is 9.88. The fraction of sp³-hybridized carbons (Fsp3) is 0.208. The number of hydrogen-bond acceptors (Lipinski definition) is 2. The zero-order valence-electron chi connectivity index (χ0n) is 16.2. The summed E-state index contributed by atoms with van der Waals surface area (Å²) in [6, 6.07) is 17.8. The second kappa shape index (κ2) is 8.05. The molecule has 0 saturated carbocycles. The second-order valence-corrected chi connectivity index (χ2v) is 7.46. The molecule has 1 aliphatic rings. The standard InChI is InChI=1S/C24H23FN2O2/c1-15-8-9-18(13-22(15)25)17-5-2-6-19(12-17)26-24(29)27-23-7-3-4-16-10-11-20(28)14-21(16)23/h2-9,12-13,20,28H,10-11,14H2,1H3,(H2,26,27,29). The van der Waals surface area contributed by atoms with Gasteiger partial charge in [-0.15, -0.1) is 0 Å². The van der Waals surface area contributed by atoms with Crippen LogP contribution >= 0.6 is 0 Å². The lowest BCUT2D eigenvalue weighted by Gasteiger charge is -2.23. The van der Waals surface area contributed by atoms with E-state index in [4.69, 9.17) is 0 Å². The summed E-state index contributed by atoms with van der Waals surface area (Å²) in [5, 5.41) is 15.7. The Morgan fingerprint density at radius 2 is 1.83 bits per heavy atom. The molecule has 0 aromatic heterocycles. The van der Waals surface area contributed by atoms with E-state index in [1.54, 1.807) is 19.1 Å². The number of carbonyl (C=O) groups is 1. The van der Waals surface area contributed by atoms with E-state index < -0.39 is 0 Å². The first-order chi connectivity index (χ1) is 14.0. The van der Waals surface area contributed by atoms with E-state index in [0.717, 1.165) is 40.8 Å². The number of carbonyl (C=O) groups excluding carboxylic acids is 1. The SMILES string of the molecule is Cc1ccc(-c2cccc(NC(=O)Nc3cccc4c3CC(O)CC4)c2)cc1F. The second-order valence-electron chi connectivity index (χ2n) is 7.46. The van der Waals surface area contributed by atoms with E-state index >= 15 is 0 Å². The fourth-order valence-electron chi connectivity index (χ4n) is 3.72. The van der Waals surface area contributed by atoms with Crippen LogP contribution in [-0.4, -0.2) is 17.2 Å². The number of halogens is 1. The van der Waals surface area contributed by atoms with Crippen molar-refractivity contribution < 1.29 is 14.3 Å². The molecule has 0 fully saturated rings. The molecule has 148 valence electrons. The number of fused-ring (bicyclic) bond motifs is 1. The summed E-state index contributed by atoms with van der Waals surface area (Å²) in [5.41, 5.74) is 5.66. The summed E-state index contributed by atoms with van der Waals surface area (Å²) in [7, 11) is 0. The predicted molar refractivity (Wildman–Crippen MR) is 114 cm³/mol. The topological polar surface area (TPSA) is 61.4 Å². The minimum Gasteiger partial charge on any atom is -0.393 e. The number of urea groups is 1. The zero-order valence-corrected chi connectivity index (χ0v) is 16.2. The van der Waals surface area contributed by atoms with Gasteiger partial charge in [-0.1, -0.05) is 36.4 Å². The maximum atomic E-state index is 13.9. The molecule has 4 rings (SSSR count). The Balaban J connectivity index is 1.50. The van der Waals surface area contributed by atoms with Gasteiger partial charge in [0.15, 0.2) is 0 Å². The number of nitrogens with one attached hydrogen (secondary N) is 2. The number of benzene rings is 3. The van der Waals surface area contributed by atoms with Crippen LogP contribution in [0.5, 0.6) is 0 Å². The van der Waals surface area contributed by atoms with Gasteiger partial charge < -0.3 is 15.7 Å². The molecular formula is C24H23FN2O2. The average molecular weight is 390 g/mol. The van der Waals surface area contributed by atoms with Crippen molar-refractivity contribution in [3.05, 3.63) is 83.2 Å². The molecule has 1 unspecified atom stereocenters. The lowest BCUT2D eigenvalue weighted by molar-refractivity contribution is 0.159. The molecule has 0 aliphatic heterocycles. The summed E-state index contributed by atoms with van der Waals surface area (Å²) < 4.78 is 13.9. The van der Waals surface area contributed by atoms with Crippen molar-refractivity contribution in [2.45, 2.75) is 32.3 Å². The van der Waals surface area contributed by atoms with Crippen LogP contribution in [0.3, 0.4) is 0 Å². The molecule has 0 radical (unpaired) electrons. The van der Waals surface area contributed by atoms with Gasteiger partial charge in [-0.3, -0.25) is 0 Å². The van der Waals surface area contributed by atoms with Crippen molar-refractivity contribution in [2.75, 3.05) is 10.6 Å². The van der Waals surface area contributed by atoms with Gasteiger partial charge in [0.05, 0.1) is 6.10 Å². The van der Waals surface area contributed by atoms with Gasteiger partial charge in [0, 0.05) is 17.8 Å². The van der Waals surface area contributed by atoms with E-state index in [-0.39, 0.29) is 18.0 Å². The third kappa shape index (κ3) is 4.30. The van der Waals surface area contributed by atoms with E-state index in [1.165, 1.54) is 6.07 Å². The average Bonchev–Trinajstić information content (AvgIpc) is 2.70. The van der Waals surface area contributed by atoms with Crippen LogP contribution in [0.2, 0.25) is 0 Å². The molecule has 5 heteroatoms. The summed E-state index contributed by atoms with van der Waals surface area (Å²) in [6.07, 6.45) is 1.72. The van der Waals surface area contributed by atoms with Gasteiger partial charge in [-0.25, -0.2) is 9.18 Å². The molecule has 0 bridgehead atoms. The first-order valence-electron chi connectivity index (χ1n) is 9.73. The molecule has 0 saturated heterocycles. The van der Waals surface area contributed by atoms with Crippen molar-refractivity contribution in [2.24, 2.45) is 0 Å². The van der Waals surface area contributed by atoms with Crippen molar-refractivity contribution in [3.8, 4) is 11.1 Å². The first kappa shape index (κ1) is 19.2. The third-order valence-electron chi connectivity index (χ3n) is 5.33. The van der Waals surface area contributed by atoms with Crippen LogP contribution in [0.15, 0.2) is 60.7 Å². The highest BCUT2D eigenvalue weighted by Crippen LogP contribution is 2.29. The van der Waals surface area contributed by atoms with Crippen LogP contribution in [0.4, 0.5) is 20.6 Å². The molecule has 3 N–H and O–H groups in total. The summed E-state index contributed by atoms with van der Waals surface area (Å²) in [4.78, 5) is 12.6. The Morgan fingerprint density at radius 1 is 1.03 bits per heavy atom. The molecule has 0 heterocycles. The fourth-order valence-corrected chi connectivity index (χ4v) is 3.72. The maximum absolute atomic E-state index is 13.9. The van der Waals surface area contributed by atoms with Gasteiger partial charge in [-0.2, -0.15) is 0 Å². The number of rotatable bonds is 3. The highest BCUT2D eigenvalue weighted by atomic mass is 19.1. The van der Waals surface area contributed by atoms with Crippen molar-refractivity contribution in [3.63, 3.8) is 0 Å². The first-order valence-corrected chi connectivity index (χ1v) is 9.73. The molecule has 4 nitrogen and oxygen atoms in total. The third-order valence-corrected chi connectivity index (χ3v) is 5.33. The van der Waals surface area contributed by atoms with Gasteiger partial charge in [0.1, 0.15) is 5.82 Å². The molecule has 1 aliphatic carbocycles. The number of hydrogen-bond donors (Lipinski definition) is 3. The Bertz CT molecular complexity index is 1060. The van der Waals surface area contributed by atoms with E-state index in [9.17, 15) is 14.3 Å². The normalized spacial score (nSPS) is 15.5. The highest BCUT2D eigenvalue weighted by Gasteiger charge is 2.20. The maximum Gasteiger partial charge on any atom is 0.323 e. The van der Waals surface area contributed by atoms with Crippen LogP contribution < -0.4 is 10.6 Å². The van der Waals surface area contributed by atoms with Crippen LogP contribution in [-0.2, 0) is 12.8 Å². The molecule has 3 aromatic carbocycles. The van der Waals surface area contributed by atoms with E-state index in [0.29, 0.717) is 17.7 Å². The summed E-state index contributed by atoms with van der Waals surface area (Å²) >= 11 is 0. The number of anilines is 2. The summed E-state index contributed by atoms with van der Waals surface area (Å²) in [5.74, 6) is -0.255. The van der Waals surface area contributed by atoms with Crippen LogP contribution in [0.25, 0.3) is 11.1 Å². The predicted octanol–water partition coefficient (Wildman–Crippen LogP) is 5.29. The lowest BCUT2D eigenvalue weighted by Crippen LogP contribution is -2.24. The van der Waals surface area contributed by atoms with Crippen LogP contribution in [0, 0.1) is 12.7 Å². The monoisotopic (exact) mass is 390 g/mol. The number of aliphatic hydroxyl groups excluding tert-OH is 1. The Morgan fingerprint density at radius 3 is 2.66 bits per heavy atom. The minimum atomic E-state index is -0.375. The molecule has 2 amide bonds. The van der Waals surface area contributed by atoms with Gasteiger partial charge in [-0.05, 0) is 71.8 Å². The molecule has 0 spiro atoms. The Kier molecular flexibility index (Phi) is 5.32. The number of aliphatic hydroxyl groups is 1. The molecule has 3 aromatic rings. The van der Waals surface area contributed by atoms with E-state index in [1.807, 2.05) is 42.5 Å².